The molecule has 2 fully saturated rings. The summed E-state index contributed by atoms with van der Waals surface area (Å²) < 4.78 is 115. The van der Waals surface area contributed by atoms with Crippen molar-refractivity contribution in [3.8, 4) is 11.3 Å². The van der Waals surface area contributed by atoms with E-state index in [2.05, 4.69) is 20.5 Å². The number of nitrogens with two attached hydrogens (primary N) is 1. The molecule has 2 N–H and O–H groups in total. The first-order valence-electron chi connectivity index (χ1n) is 12.8. The predicted molar refractivity (Wildman–Crippen MR) is 136 cm³/mol. The average molecular weight is 683 g/mol. The summed E-state index contributed by atoms with van der Waals surface area (Å²) in [5.74, 6) is -16.2. The van der Waals surface area contributed by atoms with Gasteiger partial charge in [0, 0.05) is 52.9 Å². The largest absolute Gasteiger partial charge is 0.460 e. The monoisotopic (exact) mass is 682 g/mol. The lowest BCUT2D eigenvalue weighted by Gasteiger charge is -2.37. The highest BCUT2D eigenvalue weighted by Gasteiger charge is 2.73. The van der Waals surface area contributed by atoms with Crippen molar-refractivity contribution in [3.63, 3.8) is 0 Å². The predicted octanol–water partition coefficient (Wildman–Crippen LogP) is 3.57. The molecule has 0 aliphatic carbocycles. The van der Waals surface area contributed by atoms with Crippen LogP contribution in [0.15, 0.2) is 34.4 Å². The number of nitro groups is 1. The molecule has 22 heteroatoms. The molecule has 2 aliphatic rings. The molecular formula is C24H18F8N8O5S. The van der Waals surface area contributed by atoms with Gasteiger partial charge in [0.05, 0.1) is 23.7 Å². The molecule has 0 radical (unpaired) electrons. The fourth-order valence-electron chi connectivity index (χ4n) is 4.82. The van der Waals surface area contributed by atoms with Crippen LogP contribution in [0.2, 0.25) is 0 Å². The topological polar surface area (TPSA) is 172 Å². The normalized spacial score (nSPS) is 16.5. The Morgan fingerprint density at radius 2 is 1.83 bits per heavy atom. The summed E-state index contributed by atoms with van der Waals surface area (Å²) >= 11 is 0.433. The van der Waals surface area contributed by atoms with E-state index in [0.717, 1.165) is 4.68 Å². The highest BCUT2D eigenvalue weighted by atomic mass is 32.2. The number of non-ortho nitro benzene ring substituents is 1. The first-order chi connectivity index (χ1) is 21.4. The van der Waals surface area contributed by atoms with E-state index in [1.807, 2.05) is 0 Å². The number of hydrogen-bond acceptors (Lipinski definition) is 10. The zero-order chi connectivity index (χ0) is 33.8. The van der Waals surface area contributed by atoms with Crippen molar-refractivity contribution >= 4 is 29.3 Å². The smallest absolute Gasteiger partial charge is 0.380 e. The van der Waals surface area contributed by atoms with Crippen molar-refractivity contribution in [3.05, 3.63) is 51.5 Å². The van der Waals surface area contributed by atoms with Crippen molar-refractivity contribution in [2.75, 3.05) is 26.3 Å². The van der Waals surface area contributed by atoms with Crippen molar-refractivity contribution in [1.82, 2.24) is 30.1 Å². The molecule has 2 saturated heterocycles. The molecule has 0 bridgehead atoms. The quantitative estimate of drug-likeness (QED) is 0.200. The van der Waals surface area contributed by atoms with Gasteiger partial charge in [-0.15, -0.1) is 5.10 Å². The molecule has 0 atom stereocenters. The van der Waals surface area contributed by atoms with Crippen molar-refractivity contribution in [2.45, 2.75) is 41.0 Å². The summed E-state index contributed by atoms with van der Waals surface area (Å²) in [4.78, 5) is 40.3. The Labute approximate surface area is 255 Å². The van der Waals surface area contributed by atoms with Crippen LogP contribution in [0.3, 0.4) is 0 Å². The molecule has 2 amide bonds. The lowest BCUT2D eigenvalue weighted by atomic mass is 9.85. The van der Waals surface area contributed by atoms with Crippen LogP contribution in [0.1, 0.15) is 22.3 Å². The number of carbonyl (C=O) groups excluding carboxylic acids is 2. The molecule has 2 aromatic heterocycles. The van der Waals surface area contributed by atoms with Gasteiger partial charge in [0.25, 0.3) is 5.69 Å². The zero-order valence-electron chi connectivity index (χ0n) is 22.7. The van der Waals surface area contributed by atoms with Crippen LogP contribution in [-0.4, -0.2) is 85.2 Å². The van der Waals surface area contributed by atoms with Gasteiger partial charge in [0.1, 0.15) is 18.1 Å². The van der Waals surface area contributed by atoms with E-state index in [1.54, 1.807) is 4.90 Å². The van der Waals surface area contributed by atoms with Gasteiger partial charge in [0.2, 0.25) is 17.0 Å². The second kappa shape index (κ2) is 11.4. The minimum atomic E-state index is -6.72. The maximum atomic E-state index is 15.3. The summed E-state index contributed by atoms with van der Waals surface area (Å²) in [5.41, 5.74) is -0.185. The van der Waals surface area contributed by atoms with E-state index < -0.39 is 80.1 Å². The number of aromatic nitrogens is 5. The number of nitrogens with zero attached hydrogens (tertiary/aromatic N) is 7. The SMILES string of the molecule is NC(=O)c1cc([N+](=O)[O-])cc(-c2ncc(C(F)(F)C(F)(F)C(F)(F)F)cc2F)c1Sc1nnnn1CC(=O)N1CCC2(COC2)C1. The number of alkyl halides is 7. The molecule has 3 aromatic rings. The Morgan fingerprint density at radius 3 is 2.37 bits per heavy atom. The molecule has 0 unspecified atom stereocenters. The van der Waals surface area contributed by atoms with E-state index in [4.69, 9.17) is 10.5 Å². The Hall–Kier alpha value is -4.47. The Morgan fingerprint density at radius 1 is 1.13 bits per heavy atom. The average Bonchev–Trinajstić information content (AvgIpc) is 3.60. The zero-order valence-corrected chi connectivity index (χ0v) is 23.5. The highest BCUT2D eigenvalue weighted by molar-refractivity contribution is 7.99. The Bertz CT molecular complexity index is 1730. The van der Waals surface area contributed by atoms with Crippen LogP contribution in [-0.2, 0) is 22.0 Å². The number of likely N-dealkylation sites (tertiary alicyclic amines) is 1. The minimum Gasteiger partial charge on any atom is -0.380 e. The maximum absolute atomic E-state index is 15.3. The number of primary amides is 1. The second-order valence-electron chi connectivity index (χ2n) is 10.5. The molecule has 4 heterocycles. The number of tetrazole rings is 1. The number of pyridine rings is 1. The van der Waals surface area contributed by atoms with Crippen LogP contribution in [0.25, 0.3) is 11.3 Å². The minimum absolute atomic E-state index is 0.142. The molecule has 0 saturated carbocycles. The first-order valence-corrected chi connectivity index (χ1v) is 13.6. The first kappa shape index (κ1) is 32.9. The van der Waals surface area contributed by atoms with Gasteiger partial charge < -0.3 is 15.4 Å². The van der Waals surface area contributed by atoms with Crippen LogP contribution in [0.4, 0.5) is 40.8 Å². The maximum Gasteiger partial charge on any atom is 0.460 e. The molecule has 2 aliphatic heterocycles. The summed E-state index contributed by atoms with van der Waals surface area (Å²) in [6.07, 6.45) is -6.19. The van der Waals surface area contributed by atoms with Crippen molar-refractivity contribution in [1.29, 1.82) is 0 Å². The van der Waals surface area contributed by atoms with Crippen molar-refractivity contribution < 1.29 is 54.4 Å². The molecule has 5 rings (SSSR count). The number of nitro benzene ring substituents is 1. The summed E-state index contributed by atoms with van der Waals surface area (Å²) in [5, 5.41) is 22.3. The number of ether oxygens (including phenoxy) is 1. The summed E-state index contributed by atoms with van der Waals surface area (Å²) in [6, 6.07) is 0.964. The van der Waals surface area contributed by atoms with Crippen LogP contribution < -0.4 is 5.73 Å². The van der Waals surface area contributed by atoms with E-state index in [1.165, 1.54) is 0 Å². The third-order valence-electron chi connectivity index (χ3n) is 7.34. The van der Waals surface area contributed by atoms with Gasteiger partial charge in [-0.1, -0.05) is 0 Å². The molecule has 1 aromatic carbocycles. The number of benzene rings is 1. The fourth-order valence-corrected chi connectivity index (χ4v) is 5.82. The van der Waals surface area contributed by atoms with E-state index in [0.29, 0.717) is 56.6 Å². The number of halogens is 8. The third-order valence-corrected chi connectivity index (χ3v) is 8.46. The number of hydrogen-bond donors (Lipinski definition) is 1. The van der Waals surface area contributed by atoms with Crippen molar-refractivity contribution in [2.24, 2.45) is 11.1 Å². The molecule has 46 heavy (non-hydrogen) atoms. The van der Waals surface area contributed by atoms with Crippen LogP contribution in [0, 0.1) is 21.3 Å². The van der Waals surface area contributed by atoms with Crippen LogP contribution >= 0.6 is 11.8 Å². The number of carbonyl (C=O) groups is 2. The molecule has 13 nitrogen and oxygen atoms in total. The van der Waals surface area contributed by atoms with Gasteiger partial charge in [-0.2, -0.15) is 30.7 Å². The molecule has 246 valence electrons. The molecular weight excluding hydrogens is 664 g/mol. The summed E-state index contributed by atoms with van der Waals surface area (Å²) in [7, 11) is 0. The lowest BCUT2D eigenvalue weighted by Crippen LogP contribution is -2.50. The van der Waals surface area contributed by atoms with E-state index in [9.17, 15) is 50.4 Å². The standard InChI is InChI=1S/C24H18F8N8O5S/c25-15-3-11(22(26,27)23(28,29)24(30,31)32)6-34-17(15)13-4-12(40(43)44)5-14(19(33)42)18(13)46-20-35-36-37-39(20)7-16(41)38-2-1-21(8-38)9-45-10-21/h3-6H,1-2,7-10H2,(H2,33,42). The number of amides is 2. The third kappa shape index (κ3) is 5.69. The van der Waals surface area contributed by atoms with Gasteiger partial charge in [-0.25, -0.2) is 9.07 Å². The number of rotatable bonds is 9. The lowest BCUT2D eigenvalue weighted by molar-refractivity contribution is -0.384. The van der Waals surface area contributed by atoms with Gasteiger partial charge in [0.15, 0.2) is 0 Å². The fraction of sp³-hybridized carbons (Fsp3) is 0.417. The van der Waals surface area contributed by atoms with E-state index >= 15 is 4.39 Å². The van der Waals surface area contributed by atoms with Gasteiger partial charge in [-0.3, -0.25) is 24.7 Å². The van der Waals surface area contributed by atoms with Gasteiger partial charge >= 0.3 is 18.0 Å². The second-order valence-corrected chi connectivity index (χ2v) is 11.4. The Kier molecular flexibility index (Phi) is 8.16. The molecule has 1 spiro atoms. The Balaban J connectivity index is 1.54. The van der Waals surface area contributed by atoms with E-state index in [-0.39, 0.29) is 22.8 Å². The van der Waals surface area contributed by atoms with Crippen LogP contribution in [0.5, 0.6) is 0 Å². The highest BCUT2D eigenvalue weighted by Crippen LogP contribution is 2.52. The van der Waals surface area contributed by atoms with Gasteiger partial charge in [-0.05, 0) is 34.7 Å². The summed E-state index contributed by atoms with van der Waals surface area (Å²) in [6.45, 7) is 1.42.